The molecule has 13 heteroatoms. The van der Waals surface area contributed by atoms with Crippen molar-refractivity contribution in [3.8, 4) is 11.1 Å². The van der Waals surface area contributed by atoms with Gasteiger partial charge < -0.3 is 25.6 Å². The average Bonchev–Trinajstić information content (AvgIpc) is 2.86. The van der Waals surface area contributed by atoms with Crippen molar-refractivity contribution < 1.29 is 32.9 Å². The second-order valence-electron chi connectivity index (χ2n) is 7.76. The number of nitrogens with zero attached hydrogens (tertiary/aromatic N) is 4. The minimum absolute atomic E-state index is 0.0850. The second kappa shape index (κ2) is 10.3. The molecule has 3 aromatic rings. The molecule has 1 amide bonds. The van der Waals surface area contributed by atoms with E-state index < -0.39 is 42.1 Å². The molecule has 3 heterocycles. The lowest BCUT2D eigenvalue weighted by Crippen LogP contribution is -2.58. The molecule has 4 rings (SSSR count). The number of carbonyl (C=O) groups excluding carboxylic acids is 1. The van der Waals surface area contributed by atoms with Crippen molar-refractivity contribution in [2.75, 3.05) is 18.5 Å². The molecule has 0 aliphatic carbocycles. The summed E-state index contributed by atoms with van der Waals surface area (Å²) in [7, 11) is 0. The first-order valence-electron chi connectivity index (χ1n) is 10.5. The van der Waals surface area contributed by atoms with Crippen LogP contribution in [0.2, 0.25) is 0 Å². The molecule has 1 aliphatic rings. The Labute approximate surface area is 197 Å². The van der Waals surface area contributed by atoms with Gasteiger partial charge in [0.05, 0.1) is 25.0 Å². The molecule has 0 radical (unpaired) electrons. The number of hydrogen-bond acceptors (Lipinski definition) is 9. The molecule has 1 aromatic carbocycles. The number of rotatable bonds is 6. The third kappa shape index (κ3) is 5.88. The van der Waals surface area contributed by atoms with E-state index in [1.807, 2.05) is 30.3 Å². The standard InChI is InChI=1S/C22H21F3N6O4/c23-22(24,25)16-9-26-10-17(31-16)30-14-11-35-15(19(33)18(14)32)8-29-21(34)20-27-6-13(7-28-20)12-4-2-1-3-5-12/h1-7,9-10,14-15,18-19,32-33H,8,11H2,(H,29,34)(H,30,31)/t14-,15+,18+,19-/m0/s1. The molecular weight excluding hydrogens is 469 g/mol. The summed E-state index contributed by atoms with van der Waals surface area (Å²) in [4.78, 5) is 27.4. The van der Waals surface area contributed by atoms with Gasteiger partial charge in [-0.15, -0.1) is 0 Å². The first-order valence-corrected chi connectivity index (χ1v) is 10.5. The van der Waals surface area contributed by atoms with Crippen LogP contribution in [0.3, 0.4) is 0 Å². The minimum atomic E-state index is -4.68. The summed E-state index contributed by atoms with van der Waals surface area (Å²) < 4.78 is 44.0. The summed E-state index contributed by atoms with van der Waals surface area (Å²) in [6.45, 7) is -0.324. The maximum absolute atomic E-state index is 12.8. The van der Waals surface area contributed by atoms with Crippen LogP contribution < -0.4 is 10.6 Å². The van der Waals surface area contributed by atoms with E-state index >= 15 is 0 Å². The van der Waals surface area contributed by atoms with Crippen molar-refractivity contribution in [1.29, 1.82) is 0 Å². The Balaban J connectivity index is 1.31. The number of halogens is 3. The number of amides is 1. The van der Waals surface area contributed by atoms with Crippen molar-refractivity contribution in [1.82, 2.24) is 25.3 Å². The van der Waals surface area contributed by atoms with Crippen LogP contribution in [0.25, 0.3) is 11.1 Å². The molecule has 4 atom stereocenters. The fourth-order valence-corrected chi connectivity index (χ4v) is 3.45. The Morgan fingerprint density at radius 3 is 2.43 bits per heavy atom. The highest BCUT2D eigenvalue weighted by atomic mass is 19.4. The van der Waals surface area contributed by atoms with Gasteiger partial charge in [-0.3, -0.25) is 9.78 Å². The molecule has 0 spiro atoms. The van der Waals surface area contributed by atoms with E-state index in [9.17, 15) is 28.2 Å². The van der Waals surface area contributed by atoms with E-state index in [1.165, 1.54) is 12.4 Å². The predicted octanol–water partition coefficient (Wildman–Crippen LogP) is 1.28. The highest BCUT2D eigenvalue weighted by Gasteiger charge is 2.39. The van der Waals surface area contributed by atoms with Crippen LogP contribution in [0, 0.1) is 0 Å². The molecule has 2 aromatic heterocycles. The number of benzene rings is 1. The number of hydrogen-bond donors (Lipinski definition) is 4. The van der Waals surface area contributed by atoms with Gasteiger partial charge in [-0.2, -0.15) is 13.2 Å². The number of carbonyl (C=O) groups is 1. The molecule has 10 nitrogen and oxygen atoms in total. The third-order valence-electron chi connectivity index (χ3n) is 5.32. The predicted molar refractivity (Wildman–Crippen MR) is 116 cm³/mol. The first kappa shape index (κ1) is 24.4. The topological polar surface area (TPSA) is 142 Å². The molecule has 0 bridgehead atoms. The largest absolute Gasteiger partial charge is 0.434 e. The van der Waals surface area contributed by atoms with Crippen molar-refractivity contribution >= 4 is 11.7 Å². The summed E-state index contributed by atoms with van der Waals surface area (Å²) in [6.07, 6.45) is -3.84. The molecule has 184 valence electrons. The van der Waals surface area contributed by atoms with E-state index in [0.717, 1.165) is 17.3 Å². The maximum atomic E-state index is 12.8. The molecule has 0 saturated carbocycles. The second-order valence-corrected chi connectivity index (χ2v) is 7.76. The number of nitrogens with one attached hydrogen (secondary N) is 2. The van der Waals surface area contributed by atoms with Crippen LogP contribution in [0.1, 0.15) is 16.3 Å². The fourth-order valence-electron chi connectivity index (χ4n) is 3.45. The van der Waals surface area contributed by atoms with Gasteiger partial charge >= 0.3 is 6.18 Å². The molecule has 1 saturated heterocycles. The zero-order chi connectivity index (χ0) is 25.0. The zero-order valence-corrected chi connectivity index (χ0v) is 18.1. The lowest BCUT2D eigenvalue weighted by molar-refractivity contribution is -0.141. The Kier molecular flexibility index (Phi) is 7.19. The first-order chi connectivity index (χ1) is 16.7. The van der Waals surface area contributed by atoms with Crippen LogP contribution in [-0.4, -0.2) is 73.6 Å². The van der Waals surface area contributed by atoms with Gasteiger partial charge in [0.1, 0.15) is 24.1 Å². The lowest BCUT2D eigenvalue weighted by Gasteiger charge is -2.38. The number of aromatic nitrogens is 4. The van der Waals surface area contributed by atoms with E-state index in [1.54, 1.807) is 0 Å². The summed E-state index contributed by atoms with van der Waals surface area (Å²) >= 11 is 0. The van der Waals surface area contributed by atoms with Gasteiger partial charge in [0, 0.05) is 24.5 Å². The van der Waals surface area contributed by atoms with Crippen molar-refractivity contribution in [2.45, 2.75) is 30.5 Å². The van der Waals surface area contributed by atoms with Gasteiger partial charge in [0.2, 0.25) is 5.82 Å². The number of alkyl halides is 3. The van der Waals surface area contributed by atoms with Gasteiger partial charge in [-0.1, -0.05) is 30.3 Å². The van der Waals surface area contributed by atoms with Crippen LogP contribution in [-0.2, 0) is 10.9 Å². The molecule has 4 N–H and O–H groups in total. The Hall–Kier alpha value is -3.68. The average molecular weight is 490 g/mol. The van der Waals surface area contributed by atoms with Gasteiger partial charge in [-0.05, 0) is 5.56 Å². The highest BCUT2D eigenvalue weighted by molar-refractivity contribution is 5.90. The molecule has 1 aliphatic heterocycles. The normalized spacial score (nSPS) is 22.4. The summed E-state index contributed by atoms with van der Waals surface area (Å²) in [5, 5.41) is 25.9. The number of anilines is 1. The summed E-state index contributed by atoms with van der Waals surface area (Å²) in [6, 6.07) is 8.42. The Morgan fingerprint density at radius 2 is 1.74 bits per heavy atom. The van der Waals surface area contributed by atoms with Gasteiger partial charge in [0.25, 0.3) is 5.91 Å². The maximum Gasteiger partial charge on any atom is 0.434 e. The molecule has 35 heavy (non-hydrogen) atoms. The fraction of sp³-hybridized carbons (Fsp3) is 0.318. The molecule has 1 fully saturated rings. The number of ether oxygens (including phenoxy) is 1. The van der Waals surface area contributed by atoms with Crippen LogP contribution in [0.4, 0.5) is 19.0 Å². The van der Waals surface area contributed by atoms with Gasteiger partial charge in [0.15, 0.2) is 5.69 Å². The van der Waals surface area contributed by atoms with Gasteiger partial charge in [-0.25, -0.2) is 15.0 Å². The van der Waals surface area contributed by atoms with Crippen molar-refractivity contribution in [3.05, 3.63) is 66.6 Å². The van der Waals surface area contributed by atoms with Crippen LogP contribution in [0.15, 0.2) is 55.1 Å². The molecular formula is C22H21F3N6O4. The monoisotopic (exact) mass is 490 g/mol. The minimum Gasteiger partial charge on any atom is -0.388 e. The van der Waals surface area contributed by atoms with E-state index in [2.05, 4.69) is 30.6 Å². The van der Waals surface area contributed by atoms with Crippen molar-refractivity contribution in [2.24, 2.45) is 0 Å². The number of aliphatic hydroxyl groups is 2. The smallest absolute Gasteiger partial charge is 0.388 e. The summed E-state index contributed by atoms with van der Waals surface area (Å²) in [5.74, 6) is -0.921. The Bertz CT molecular complexity index is 1150. The third-order valence-corrected chi connectivity index (χ3v) is 5.32. The summed E-state index contributed by atoms with van der Waals surface area (Å²) in [5.41, 5.74) is 0.431. The lowest BCUT2D eigenvalue weighted by atomic mass is 9.98. The molecule has 0 unspecified atom stereocenters. The van der Waals surface area contributed by atoms with E-state index in [0.29, 0.717) is 6.20 Å². The SMILES string of the molecule is O=C(NC[C@H]1OC[C@H](Nc2cncc(C(F)(F)F)n2)[C@@H](O)[C@H]1O)c1ncc(-c2ccccc2)cn1. The number of aliphatic hydroxyl groups excluding tert-OH is 2. The van der Waals surface area contributed by atoms with Crippen molar-refractivity contribution in [3.63, 3.8) is 0 Å². The Morgan fingerprint density at radius 1 is 1.03 bits per heavy atom. The zero-order valence-electron chi connectivity index (χ0n) is 18.1. The quantitative estimate of drug-likeness (QED) is 0.402. The van der Waals surface area contributed by atoms with Crippen LogP contribution >= 0.6 is 0 Å². The van der Waals surface area contributed by atoms with E-state index in [4.69, 9.17) is 4.74 Å². The highest BCUT2D eigenvalue weighted by Crippen LogP contribution is 2.28. The van der Waals surface area contributed by atoms with Crippen LogP contribution in [0.5, 0.6) is 0 Å². The van der Waals surface area contributed by atoms with E-state index in [-0.39, 0.29) is 24.8 Å².